The molecule has 0 bridgehead atoms. The fourth-order valence-electron chi connectivity index (χ4n) is 2.51. The van der Waals surface area contributed by atoms with Crippen LogP contribution in [0.1, 0.15) is 17.5 Å². The van der Waals surface area contributed by atoms with Gasteiger partial charge in [-0.3, -0.25) is 4.98 Å². The molecule has 0 spiro atoms. The van der Waals surface area contributed by atoms with Crippen LogP contribution in [-0.2, 0) is 0 Å². The summed E-state index contributed by atoms with van der Waals surface area (Å²) in [4.78, 5) is 10.4. The van der Waals surface area contributed by atoms with Crippen LogP contribution >= 0.6 is 11.6 Å². The summed E-state index contributed by atoms with van der Waals surface area (Å²) in [6.45, 7) is 3.53. The third-order valence-corrected chi connectivity index (χ3v) is 3.94. The lowest BCUT2D eigenvalue weighted by Gasteiger charge is -2.19. The Balaban J connectivity index is 1.70. The molecule has 2 aromatic heterocycles. The molecule has 5 nitrogen and oxygen atoms in total. The summed E-state index contributed by atoms with van der Waals surface area (Å²) in [6, 6.07) is 5.56. The second-order valence-electron chi connectivity index (χ2n) is 5.26. The van der Waals surface area contributed by atoms with E-state index in [9.17, 15) is 0 Å². The van der Waals surface area contributed by atoms with Gasteiger partial charge < -0.3 is 9.64 Å². The second kappa shape index (κ2) is 6.20. The van der Waals surface area contributed by atoms with E-state index < -0.39 is 0 Å². The normalized spacial score (nSPS) is 17.3. The largest absolute Gasteiger partial charge is 0.488 e. The van der Waals surface area contributed by atoms with Crippen molar-refractivity contribution in [1.29, 1.82) is 5.26 Å². The maximum absolute atomic E-state index is 8.86. The monoisotopic (exact) mass is 314 g/mol. The van der Waals surface area contributed by atoms with E-state index in [0.29, 0.717) is 16.4 Å². The Hall–Kier alpha value is -2.32. The van der Waals surface area contributed by atoms with Crippen molar-refractivity contribution in [2.24, 2.45) is 0 Å². The topological polar surface area (TPSA) is 62.0 Å². The molecule has 0 N–H and O–H groups in total. The van der Waals surface area contributed by atoms with Crippen molar-refractivity contribution < 1.29 is 4.74 Å². The molecule has 1 fully saturated rings. The number of ether oxygens (including phenoxy) is 1. The smallest absolute Gasteiger partial charge is 0.147 e. The van der Waals surface area contributed by atoms with Gasteiger partial charge in [-0.05, 0) is 19.1 Å². The van der Waals surface area contributed by atoms with Crippen molar-refractivity contribution in [1.82, 2.24) is 9.97 Å². The van der Waals surface area contributed by atoms with Crippen LogP contribution < -0.4 is 9.64 Å². The van der Waals surface area contributed by atoms with Gasteiger partial charge in [-0.15, -0.1) is 0 Å². The number of aryl methyl sites for hydroxylation is 1. The Bertz CT molecular complexity index is 728. The minimum Gasteiger partial charge on any atom is -0.488 e. The van der Waals surface area contributed by atoms with E-state index in [4.69, 9.17) is 21.6 Å². The zero-order valence-electron chi connectivity index (χ0n) is 12.2. The number of pyridine rings is 2. The highest BCUT2D eigenvalue weighted by Crippen LogP contribution is 2.29. The molecule has 0 radical (unpaired) electrons. The Labute approximate surface area is 134 Å². The average molecular weight is 315 g/mol. The number of aromatic nitrogens is 2. The fraction of sp³-hybridized carbons (Fsp3) is 0.312. The maximum Gasteiger partial charge on any atom is 0.147 e. The molecular weight excluding hydrogens is 300 g/mol. The number of halogens is 1. The van der Waals surface area contributed by atoms with Gasteiger partial charge >= 0.3 is 0 Å². The minimum absolute atomic E-state index is 0.0922. The van der Waals surface area contributed by atoms with Crippen molar-refractivity contribution in [3.63, 3.8) is 0 Å². The number of rotatable bonds is 3. The Morgan fingerprint density at radius 2 is 2.32 bits per heavy atom. The molecule has 3 rings (SSSR count). The lowest BCUT2D eigenvalue weighted by Crippen LogP contribution is -2.25. The molecule has 6 heteroatoms. The Kier molecular flexibility index (Phi) is 4.12. The van der Waals surface area contributed by atoms with Crippen LogP contribution in [0.5, 0.6) is 5.75 Å². The van der Waals surface area contributed by atoms with E-state index in [1.165, 1.54) is 0 Å². The molecule has 112 valence electrons. The van der Waals surface area contributed by atoms with Crippen LogP contribution in [-0.4, -0.2) is 29.2 Å². The van der Waals surface area contributed by atoms with Crippen molar-refractivity contribution in [3.05, 3.63) is 46.9 Å². The van der Waals surface area contributed by atoms with Crippen molar-refractivity contribution >= 4 is 17.4 Å². The first-order valence-electron chi connectivity index (χ1n) is 7.05. The highest BCUT2D eigenvalue weighted by atomic mass is 35.5. The number of nitrogens with zero attached hydrogens (tertiary/aromatic N) is 4. The third-order valence-electron chi connectivity index (χ3n) is 3.66. The van der Waals surface area contributed by atoms with E-state index in [1.807, 2.05) is 19.1 Å². The molecule has 22 heavy (non-hydrogen) atoms. The second-order valence-corrected chi connectivity index (χ2v) is 5.66. The Morgan fingerprint density at radius 3 is 3.05 bits per heavy atom. The van der Waals surface area contributed by atoms with Crippen LogP contribution in [0.3, 0.4) is 0 Å². The molecule has 1 atom stereocenters. The summed E-state index contributed by atoms with van der Waals surface area (Å²) < 4.78 is 6.04. The molecule has 1 unspecified atom stereocenters. The van der Waals surface area contributed by atoms with Gasteiger partial charge in [0.2, 0.25) is 0 Å². The van der Waals surface area contributed by atoms with E-state index >= 15 is 0 Å². The molecule has 1 saturated heterocycles. The van der Waals surface area contributed by atoms with Gasteiger partial charge in [0.1, 0.15) is 23.7 Å². The van der Waals surface area contributed by atoms with Crippen molar-refractivity contribution in [2.75, 3.05) is 18.0 Å². The molecule has 0 saturated carbocycles. The maximum atomic E-state index is 8.86. The molecule has 3 heterocycles. The molecule has 0 amide bonds. The fourth-order valence-corrected chi connectivity index (χ4v) is 2.80. The highest BCUT2D eigenvalue weighted by molar-refractivity contribution is 6.33. The van der Waals surface area contributed by atoms with Gasteiger partial charge in [-0.1, -0.05) is 11.6 Å². The summed E-state index contributed by atoms with van der Waals surface area (Å²) in [5.41, 5.74) is 1.49. The average Bonchev–Trinajstić information content (AvgIpc) is 2.97. The van der Waals surface area contributed by atoms with Gasteiger partial charge in [0.05, 0.1) is 17.1 Å². The van der Waals surface area contributed by atoms with Crippen LogP contribution in [0.25, 0.3) is 0 Å². The highest BCUT2D eigenvalue weighted by Gasteiger charge is 2.26. The predicted molar refractivity (Wildman–Crippen MR) is 84.2 cm³/mol. The molecule has 0 aromatic carbocycles. The van der Waals surface area contributed by atoms with E-state index in [-0.39, 0.29) is 6.10 Å². The zero-order chi connectivity index (χ0) is 15.5. The third kappa shape index (κ3) is 2.97. The first kappa shape index (κ1) is 14.6. The number of anilines is 1. The van der Waals surface area contributed by atoms with E-state index in [2.05, 4.69) is 14.9 Å². The molecule has 1 aliphatic heterocycles. The number of hydrogen-bond acceptors (Lipinski definition) is 5. The summed E-state index contributed by atoms with van der Waals surface area (Å²) in [6.07, 6.45) is 6.06. The van der Waals surface area contributed by atoms with Crippen molar-refractivity contribution in [3.8, 4) is 11.8 Å². The first-order valence-corrected chi connectivity index (χ1v) is 7.43. The number of hydrogen-bond donors (Lipinski definition) is 0. The van der Waals surface area contributed by atoms with Gasteiger partial charge in [-0.25, -0.2) is 4.98 Å². The van der Waals surface area contributed by atoms with E-state index in [0.717, 1.165) is 30.8 Å². The zero-order valence-corrected chi connectivity index (χ0v) is 12.9. The van der Waals surface area contributed by atoms with Crippen LogP contribution in [0.15, 0.2) is 30.7 Å². The van der Waals surface area contributed by atoms with Crippen LogP contribution in [0, 0.1) is 18.3 Å². The van der Waals surface area contributed by atoms with Crippen LogP contribution in [0.2, 0.25) is 5.02 Å². The minimum atomic E-state index is 0.0922. The van der Waals surface area contributed by atoms with Gasteiger partial charge in [0.25, 0.3) is 0 Å². The molecule has 1 aliphatic rings. The number of nitriles is 1. The molecule has 2 aromatic rings. The quantitative estimate of drug-likeness (QED) is 0.871. The summed E-state index contributed by atoms with van der Waals surface area (Å²) in [5, 5.41) is 9.36. The lowest BCUT2D eigenvalue weighted by atomic mass is 10.2. The summed E-state index contributed by atoms with van der Waals surface area (Å²) in [5.74, 6) is 1.57. The van der Waals surface area contributed by atoms with Gasteiger partial charge in [-0.2, -0.15) is 5.26 Å². The Morgan fingerprint density at radius 1 is 1.45 bits per heavy atom. The standard InChI is InChI=1S/C16H15ClN4O/c1-11-8-19-4-2-15(11)22-13-3-5-21(10-13)16-14(17)6-12(7-18)9-20-16/h2,4,6,8-9,13H,3,5,10H2,1H3. The van der Waals surface area contributed by atoms with Crippen LogP contribution in [0.4, 0.5) is 5.82 Å². The first-order chi connectivity index (χ1) is 10.7. The molecule has 0 aliphatic carbocycles. The van der Waals surface area contributed by atoms with Crippen molar-refractivity contribution in [2.45, 2.75) is 19.4 Å². The van der Waals surface area contributed by atoms with E-state index in [1.54, 1.807) is 24.7 Å². The van der Waals surface area contributed by atoms with Gasteiger partial charge in [0, 0.05) is 37.1 Å². The molecular formula is C16H15ClN4O. The summed E-state index contributed by atoms with van der Waals surface area (Å²) >= 11 is 6.22. The SMILES string of the molecule is Cc1cnccc1OC1CCN(c2ncc(C#N)cc2Cl)C1. The summed E-state index contributed by atoms with van der Waals surface area (Å²) in [7, 11) is 0. The lowest BCUT2D eigenvalue weighted by molar-refractivity contribution is 0.223. The predicted octanol–water partition coefficient (Wildman–Crippen LogP) is 2.97. The van der Waals surface area contributed by atoms with Gasteiger partial charge in [0.15, 0.2) is 0 Å².